The summed E-state index contributed by atoms with van der Waals surface area (Å²) in [5.74, 6) is 0.377. The summed E-state index contributed by atoms with van der Waals surface area (Å²) in [6, 6.07) is 10.9. The van der Waals surface area contributed by atoms with Crippen LogP contribution in [0.15, 0.2) is 41.4 Å². The van der Waals surface area contributed by atoms with Crippen LogP contribution in [-0.4, -0.2) is 42.5 Å². The average Bonchev–Trinajstić information content (AvgIpc) is 3.53. The Kier molecular flexibility index (Phi) is 11.1. The van der Waals surface area contributed by atoms with Gasteiger partial charge in [-0.1, -0.05) is 24.3 Å². The first-order valence-corrected chi connectivity index (χ1v) is 16.5. The van der Waals surface area contributed by atoms with Crippen molar-refractivity contribution >= 4 is 14.5 Å². The van der Waals surface area contributed by atoms with E-state index in [9.17, 15) is 13.2 Å². The Bertz CT molecular complexity index is 1290. The molecule has 0 saturated heterocycles. The highest BCUT2D eigenvalue weighted by atomic mass is 31.2. The molecule has 0 aromatic heterocycles. The molecule has 1 aliphatic carbocycles. The molecule has 0 fully saturated rings. The van der Waals surface area contributed by atoms with Gasteiger partial charge in [0.2, 0.25) is 0 Å². The molecule has 1 aliphatic heterocycles. The fourth-order valence-corrected chi connectivity index (χ4v) is 6.68. The van der Waals surface area contributed by atoms with Crippen LogP contribution in [-0.2, 0) is 50.2 Å². The molecule has 4 rings (SSSR count). The number of ether oxygens (including phenoxy) is 2. The number of fused-ring (bicyclic) bond motifs is 1. The fraction of sp³-hybridized carbons (Fsp3) is 0.618. The fourth-order valence-electron chi connectivity index (χ4n) is 5.30. The molecule has 2 aliphatic rings. The van der Waals surface area contributed by atoms with E-state index in [1.54, 1.807) is 13.0 Å². The second kappa shape index (κ2) is 14.1. The lowest BCUT2D eigenvalue weighted by Gasteiger charge is -2.32. The van der Waals surface area contributed by atoms with Crippen LogP contribution in [0.2, 0.25) is 0 Å². The van der Waals surface area contributed by atoms with Gasteiger partial charge in [-0.15, -0.1) is 0 Å². The Morgan fingerprint density at radius 2 is 1.55 bits per heavy atom. The number of rotatable bonds is 13. The summed E-state index contributed by atoms with van der Waals surface area (Å²) in [7, 11) is -1.70. The first-order chi connectivity index (χ1) is 20.5. The van der Waals surface area contributed by atoms with E-state index in [0.717, 1.165) is 19.3 Å². The van der Waals surface area contributed by atoms with E-state index >= 15 is 0 Å². The minimum absolute atomic E-state index is 0.143. The third kappa shape index (κ3) is 10.4. The minimum atomic E-state index is -4.54. The van der Waals surface area contributed by atoms with Gasteiger partial charge in [0.1, 0.15) is 17.9 Å². The van der Waals surface area contributed by atoms with Gasteiger partial charge in [0, 0.05) is 6.92 Å². The zero-order chi connectivity index (χ0) is 32.2. The summed E-state index contributed by atoms with van der Waals surface area (Å²) < 4.78 is 72.0. The molecule has 0 bridgehead atoms. The van der Waals surface area contributed by atoms with E-state index in [1.807, 2.05) is 41.5 Å². The van der Waals surface area contributed by atoms with Crippen LogP contribution in [0.1, 0.15) is 95.5 Å². The third-order valence-corrected chi connectivity index (χ3v) is 9.07. The predicted molar refractivity (Wildman–Crippen MR) is 168 cm³/mol. The Balaban J connectivity index is 1.39. The normalized spacial score (nSPS) is 18.8. The number of nitrogens with zero attached hydrogens (tertiary/aromatic N) is 1. The van der Waals surface area contributed by atoms with Crippen molar-refractivity contribution in [2.45, 2.75) is 116 Å². The maximum atomic E-state index is 14.1. The number of hydrogen-bond donors (Lipinski definition) is 0. The highest BCUT2D eigenvalue weighted by Gasteiger charge is 2.39. The molecule has 0 spiro atoms. The van der Waals surface area contributed by atoms with Gasteiger partial charge < -0.3 is 23.0 Å². The Labute approximate surface area is 261 Å². The number of hydrogen-bond acceptors (Lipinski definition) is 6. The van der Waals surface area contributed by atoms with E-state index in [1.165, 1.54) is 35.2 Å². The predicted octanol–water partition coefficient (Wildman–Crippen LogP) is 9.20. The first kappa shape index (κ1) is 34.7. The van der Waals surface area contributed by atoms with Crippen molar-refractivity contribution in [3.63, 3.8) is 0 Å². The quantitative estimate of drug-likeness (QED) is 0.162. The summed E-state index contributed by atoms with van der Waals surface area (Å²) >= 11 is 0. The van der Waals surface area contributed by atoms with Gasteiger partial charge in [0.05, 0.1) is 30.0 Å². The summed E-state index contributed by atoms with van der Waals surface area (Å²) in [4.78, 5) is 4.70. The second-order valence-corrected chi connectivity index (χ2v) is 14.9. The highest BCUT2D eigenvalue weighted by molar-refractivity contribution is 7.41. The summed E-state index contributed by atoms with van der Waals surface area (Å²) in [6.45, 7) is 13.9. The Hall–Kier alpha value is -2.19. The molecule has 0 amide bonds. The van der Waals surface area contributed by atoms with Crippen molar-refractivity contribution in [1.29, 1.82) is 0 Å². The van der Waals surface area contributed by atoms with E-state index in [0.29, 0.717) is 30.7 Å². The van der Waals surface area contributed by atoms with E-state index < -0.39 is 37.1 Å². The smallest absolute Gasteiger partial charge is 0.419 e. The summed E-state index contributed by atoms with van der Waals surface area (Å²) in [5.41, 5.74) is 2.04. The van der Waals surface area contributed by atoms with Crippen LogP contribution in [0.25, 0.3) is 0 Å². The van der Waals surface area contributed by atoms with E-state index in [2.05, 4.69) is 18.2 Å². The zero-order valence-electron chi connectivity index (χ0n) is 27.1. The van der Waals surface area contributed by atoms with Gasteiger partial charge >= 0.3 is 14.8 Å². The zero-order valence-corrected chi connectivity index (χ0v) is 28.0. The van der Waals surface area contributed by atoms with Crippen LogP contribution in [0.5, 0.6) is 5.75 Å². The lowest BCUT2D eigenvalue weighted by molar-refractivity contribution is -0.139. The molecule has 0 radical (unpaired) electrons. The SMILES string of the molecule is CC1=NC(CCc2ccc(OCCCc3ccc4c(c3)CCC4)c(C(F)(F)F)c2)(COP(OC(C)(C)C)OC(C)(C)C)CO1. The lowest BCUT2D eigenvalue weighted by atomic mass is 9.93. The lowest BCUT2D eigenvalue weighted by Crippen LogP contribution is -2.35. The summed E-state index contributed by atoms with van der Waals surface area (Å²) in [6.07, 6.45) is 1.06. The molecule has 44 heavy (non-hydrogen) atoms. The van der Waals surface area contributed by atoms with Crippen molar-refractivity contribution in [1.82, 2.24) is 0 Å². The van der Waals surface area contributed by atoms with Crippen LogP contribution < -0.4 is 4.74 Å². The van der Waals surface area contributed by atoms with Crippen LogP contribution >= 0.6 is 8.60 Å². The molecule has 0 N–H and O–H groups in total. The van der Waals surface area contributed by atoms with Gasteiger partial charge in [-0.25, -0.2) is 4.99 Å². The van der Waals surface area contributed by atoms with Gasteiger partial charge in [0.15, 0.2) is 5.90 Å². The van der Waals surface area contributed by atoms with Crippen LogP contribution in [0, 0.1) is 0 Å². The average molecular weight is 638 g/mol. The molecular weight excluding hydrogens is 590 g/mol. The minimum Gasteiger partial charge on any atom is -0.493 e. The Morgan fingerprint density at radius 1 is 0.886 bits per heavy atom. The maximum Gasteiger partial charge on any atom is 0.419 e. The molecule has 244 valence electrons. The monoisotopic (exact) mass is 637 g/mol. The van der Waals surface area contributed by atoms with Gasteiger partial charge in [-0.2, -0.15) is 13.2 Å². The third-order valence-electron chi connectivity index (χ3n) is 7.34. The van der Waals surface area contributed by atoms with Crippen molar-refractivity contribution in [3.05, 3.63) is 64.2 Å². The molecule has 0 saturated carbocycles. The molecule has 6 nitrogen and oxygen atoms in total. The molecule has 2 aromatic carbocycles. The second-order valence-electron chi connectivity index (χ2n) is 13.8. The molecule has 1 heterocycles. The molecule has 1 atom stereocenters. The van der Waals surface area contributed by atoms with Crippen LogP contribution in [0.3, 0.4) is 0 Å². The summed E-state index contributed by atoms with van der Waals surface area (Å²) in [5, 5.41) is 0. The number of alkyl halides is 3. The number of benzene rings is 2. The largest absolute Gasteiger partial charge is 0.493 e. The van der Waals surface area contributed by atoms with E-state index in [-0.39, 0.29) is 25.6 Å². The Morgan fingerprint density at radius 3 is 2.18 bits per heavy atom. The van der Waals surface area contributed by atoms with Crippen molar-refractivity contribution in [2.24, 2.45) is 4.99 Å². The topological polar surface area (TPSA) is 58.5 Å². The van der Waals surface area contributed by atoms with Crippen LogP contribution in [0.4, 0.5) is 13.2 Å². The van der Waals surface area contributed by atoms with Crippen molar-refractivity contribution in [3.8, 4) is 5.75 Å². The molecule has 2 aromatic rings. The number of halogens is 3. The highest BCUT2D eigenvalue weighted by Crippen LogP contribution is 2.48. The molecular formula is C34H47F3NO5P. The van der Waals surface area contributed by atoms with Crippen molar-refractivity contribution in [2.75, 3.05) is 19.8 Å². The van der Waals surface area contributed by atoms with E-state index in [4.69, 9.17) is 28.0 Å². The van der Waals surface area contributed by atoms with Gasteiger partial charge in [0.25, 0.3) is 0 Å². The maximum absolute atomic E-state index is 14.1. The number of aryl methyl sites for hydroxylation is 4. The van der Waals surface area contributed by atoms with Gasteiger partial charge in [-0.05, 0) is 121 Å². The van der Waals surface area contributed by atoms with Gasteiger partial charge in [-0.3, -0.25) is 0 Å². The molecule has 1 unspecified atom stereocenters. The standard InChI is InChI=1S/C34H47F3NO5P/c1-24-38-33(22-40-24,23-41-44(42-31(2,3)4)43-32(5,6)7)18-17-26-14-16-30(29(21-26)34(35,36)37)39-19-9-10-25-13-15-27-11-8-12-28(27)20-25/h13-16,20-21H,8-12,17-19,22-23H2,1-7H3. The molecule has 10 heteroatoms. The van der Waals surface area contributed by atoms with Crippen molar-refractivity contribution < 1.29 is 36.2 Å². The number of aliphatic imine (C=N–C) groups is 1. The first-order valence-electron chi connectivity index (χ1n) is 15.4.